The standard InChI is InChI=1S/C16H19ClF3N3O2/c1-2-23-7-3-4-11(23)9-21-14(24)15(25)22-13-8-10(16(18,19)20)5-6-12(13)17/h5-6,8,11H,2-4,7,9H2,1H3,(H,21,24)(H,22,25)/t11-/m0/s1. The molecular weight excluding hydrogens is 359 g/mol. The lowest BCUT2D eigenvalue weighted by Crippen LogP contribution is -2.43. The van der Waals surface area contributed by atoms with Crippen LogP contribution in [0.4, 0.5) is 18.9 Å². The van der Waals surface area contributed by atoms with Crippen molar-refractivity contribution < 1.29 is 22.8 Å². The Labute approximate surface area is 148 Å². The van der Waals surface area contributed by atoms with Gasteiger partial charge >= 0.3 is 18.0 Å². The van der Waals surface area contributed by atoms with Crippen molar-refractivity contribution in [3.8, 4) is 0 Å². The number of carbonyl (C=O) groups excluding carboxylic acids is 2. The fourth-order valence-corrected chi connectivity index (χ4v) is 2.97. The molecule has 0 unspecified atom stereocenters. The van der Waals surface area contributed by atoms with Crippen molar-refractivity contribution in [2.24, 2.45) is 0 Å². The number of amides is 2. The number of rotatable bonds is 4. The molecule has 1 aromatic carbocycles. The predicted molar refractivity (Wildman–Crippen MR) is 88.4 cm³/mol. The van der Waals surface area contributed by atoms with E-state index >= 15 is 0 Å². The van der Waals surface area contributed by atoms with Gasteiger partial charge in [-0.25, -0.2) is 0 Å². The van der Waals surface area contributed by atoms with Crippen LogP contribution in [0.3, 0.4) is 0 Å². The third-order valence-corrected chi connectivity index (χ3v) is 4.48. The molecule has 0 spiro atoms. The molecule has 1 heterocycles. The summed E-state index contributed by atoms with van der Waals surface area (Å²) < 4.78 is 38.2. The van der Waals surface area contributed by atoms with Gasteiger partial charge in [0.1, 0.15) is 0 Å². The molecule has 1 aromatic rings. The summed E-state index contributed by atoms with van der Waals surface area (Å²) in [6.45, 7) is 4.13. The number of likely N-dealkylation sites (N-methyl/N-ethyl adjacent to an activating group) is 1. The molecule has 1 aliphatic rings. The fourth-order valence-electron chi connectivity index (χ4n) is 2.81. The van der Waals surface area contributed by atoms with Gasteiger partial charge in [0.2, 0.25) is 0 Å². The molecule has 0 aliphatic carbocycles. The third-order valence-electron chi connectivity index (χ3n) is 4.15. The Hall–Kier alpha value is -1.80. The molecule has 0 aromatic heterocycles. The first-order valence-corrected chi connectivity index (χ1v) is 8.30. The summed E-state index contributed by atoms with van der Waals surface area (Å²) in [7, 11) is 0. The monoisotopic (exact) mass is 377 g/mol. The smallest absolute Gasteiger partial charge is 0.346 e. The van der Waals surface area contributed by atoms with Crippen molar-refractivity contribution in [2.75, 3.05) is 25.0 Å². The second kappa shape index (κ2) is 8.05. The number of hydrogen-bond donors (Lipinski definition) is 2. The van der Waals surface area contributed by atoms with Gasteiger partial charge in [-0.2, -0.15) is 13.2 Å². The molecule has 2 rings (SSSR count). The maximum atomic E-state index is 12.7. The molecule has 1 aliphatic heterocycles. The Bertz CT molecular complexity index is 652. The lowest BCUT2D eigenvalue weighted by atomic mass is 10.2. The first-order valence-electron chi connectivity index (χ1n) is 7.92. The van der Waals surface area contributed by atoms with Crippen LogP contribution < -0.4 is 10.6 Å². The van der Waals surface area contributed by atoms with Crippen molar-refractivity contribution in [1.82, 2.24) is 10.2 Å². The Morgan fingerprint density at radius 1 is 1.32 bits per heavy atom. The van der Waals surface area contributed by atoms with Gasteiger partial charge in [0.25, 0.3) is 0 Å². The summed E-state index contributed by atoms with van der Waals surface area (Å²) in [6.07, 6.45) is -2.62. The SMILES string of the molecule is CCN1CCC[C@H]1CNC(=O)C(=O)Nc1cc(C(F)(F)F)ccc1Cl. The highest BCUT2D eigenvalue weighted by molar-refractivity contribution is 6.41. The van der Waals surface area contributed by atoms with Gasteiger partial charge in [-0.15, -0.1) is 0 Å². The average molecular weight is 378 g/mol. The van der Waals surface area contributed by atoms with E-state index in [4.69, 9.17) is 11.6 Å². The number of anilines is 1. The van der Waals surface area contributed by atoms with Crippen LogP contribution >= 0.6 is 11.6 Å². The summed E-state index contributed by atoms with van der Waals surface area (Å²) >= 11 is 5.79. The maximum Gasteiger partial charge on any atom is 0.416 e. The van der Waals surface area contributed by atoms with Gasteiger partial charge in [-0.1, -0.05) is 18.5 Å². The van der Waals surface area contributed by atoms with Crippen molar-refractivity contribution in [3.63, 3.8) is 0 Å². The minimum Gasteiger partial charge on any atom is -0.346 e. The van der Waals surface area contributed by atoms with Crippen LogP contribution in [0.5, 0.6) is 0 Å². The molecule has 1 saturated heterocycles. The van der Waals surface area contributed by atoms with Crippen molar-refractivity contribution in [1.29, 1.82) is 0 Å². The highest BCUT2D eigenvalue weighted by Crippen LogP contribution is 2.33. The largest absolute Gasteiger partial charge is 0.416 e. The van der Waals surface area contributed by atoms with Gasteiger partial charge in [0.15, 0.2) is 0 Å². The lowest BCUT2D eigenvalue weighted by molar-refractivity contribution is -0.137. The van der Waals surface area contributed by atoms with Crippen LogP contribution in [0.15, 0.2) is 18.2 Å². The molecule has 2 amide bonds. The van der Waals surface area contributed by atoms with Crippen molar-refractivity contribution >= 4 is 29.1 Å². The fraction of sp³-hybridized carbons (Fsp3) is 0.500. The van der Waals surface area contributed by atoms with E-state index in [1.165, 1.54) is 0 Å². The van der Waals surface area contributed by atoms with Crippen LogP contribution in [0, 0.1) is 0 Å². The van der Waals surface area contributed by atoms with Crippen LogP contribution in [-0.4, -0.2) is 42.4 Å². The molecule has 2 N–H and O–H groups in total. The zero-order valence-corrected chi connectivity index (χ0v) is 14.4. The molecule has 138 valence electrons. The molecule has 1 atom stereocenters. The van der Waals surface area contributed by atoms with E-state index in [9.17, 15) is 22.8 Å². The van der Waals surface area contributed by atoms with Gasteiger partial charge in [-0.05, 0) is 44.1 Å². The number of nitrogens with one attached hydrogen (secondary N) is 2. The topological polar surface area (TPSA) is 61.4 Å². The van der Waals surface area contributed by atoms with E-state index in [0.717, 1.165) is 38.1 Å². The van der Waals surface area contributed by atoms with Crippen molar-refractivity contribution in [3.05, 3.63) is 28.8 Å². The average Bonchev–Trinajstić information content (AvgIpc) is 3.01. The first kappa shape index (κ1) is 19.5. The second-order valence-corrected chi connectivity index (χ2v) is 6.19. The van der Waals surface area contributed by atoms with E-state index in [-0.39, 0.29) is 16.8 Å². The maximum absolute atomic E-state index is 12.7. The molecule has 0 saturated carbocycles. The minimum atomic E-state index is -4.57. The van der Waals surface area contributed by atoms with E-state index < -0.39 is 23.6 Å². The Balaban J connectivity index is 1.96. The van der Waals surface area contributed by atoms with E-state index in [0.29, 0.717) is 12.6 Å². The van der Waals surface area contributed by atoms with Crippen LogP contribution in [0.2, 0.25) is 5.02 Å². The number of alkyl halides is 3. The summed E-state index contributed by atoms with van der Waals surface area (Å²) in [6, 6.07) is 2.69. The van der Waals surface area contributed by atoms with Crippen LogP contribution in [0.1, 0.15) is 25.3 Å². The van der Waals surface area contributed by atoms with Crippen LogP contribution in [-0.2, 0) is 15.8 Å². The molecule has 9 heteroatoms. The number of nitrogens with zero attached hydrogens (tertiary/aromatic N) is 1. The first-order chi connectivity index (χ1) is 11.7. The number of halogens is 4. The van der Waals surface area contributed by atoms with Crippen molar-refractivity contribution in [2.45, 2.75) is 32.0 Å². The third kappa shape index (κ3) is 5.09. The van der Waals surface area contributed by atoms with Crippen LogP contribution in [0.25, 0.3) is 0 Å². The van der Waals surface area contributed by atoms with Gasteiger partial charge in [0.05, 0.1) is 16.3 Å². The summed E-state index contributed by atoms with van der Waals surface area (Å²) in [5.41, 5.74) is -1.22. The molecular formula is C16H19ClF3N3O2. The number of benzene rings is 1. The number of hydrogen-bond acceptors (Lipinski definition) is 3. The molecule has 5 nitrogen and oxygen atoms in total. The highest BCUT2D eigenvalue weighted by Gasteiger charge is 2.31. The molecule has 0 bridgehead atoms. The van der Waals surface area contributed by atoms with Gasteiger partial charge < -0.3 is 10.6 Å². The van der Waals surface area contributed by atoms with Gasteiger partial charge in [-0.3, -0.25) is 14.5 Å². The summed E-state index contributed by atoms with van der Waals surface area (Å²) in [5, 5.41) is 4.56. The minimum absolute atomic E-state index is 0.0814. The normalized spacial score (nSPS) is 18.2. The van der Waals surface area contributed by atoms with E-state index in [1.54, 1.807) is 0 Å². The molecule has 0 radical (unpaired) electrons. The zero-order chi connectivity index (χ0) is 18.6. The molecule has 1 fully saturated rings. The summed E-state index contributed by atoms with van der Waals surface area (Å²) in [5.74, 6) is -1.96. The Kier molecular flexibility index (Phi) is 6.29. The van der Waals surface area contributed by atoms with E-state index in [1.807, 2.05) is 6.92 Å². The summed E-state index contributed by atoms with van der Waals surface area (Å²) in [4.78, 5) is 26.0. The van der Waals surface area contributed by atoms with Gasteiger partial charge in [0, 0.05) is 12.6 Å². The molecule has 25 heavy (non-hydrogen) atoms. The predicted octanol–water partition coefficient (Wildman–Crippen LogP) is 2.90. The number of likely N-dealkylation sites (tertiary alicyclic amines) is 1. The highest BCUT2D eigenvalue weighted by atomic mass is 35.5. The lowest BCUT2D eigenvalue weighted by Gasteiger charge is -2.22. The second-order valence-electron chi connectivity index (χ2n) is 5.78. The Morgan fingerprint density at radius 2 is 2.04 bits per heavy atom. The number of carbonyl (C=O) groups is 2. The van der Waals surface area contributed by atoms with E-state index in [2.05, 4.69) is 15.5 Å². The quantitative estimate of drug-likeness (QED) is 0.793. The Morgan fingerprint density at radius 3 is 2.68 bits per heavy atom. The zero-order valence-electron chi connectivity index (χ0n) is 13.6.